The lowest BCUT2D eigenvalue weighted by molar-refractivity contribution is 0.587. The Balaban J connectivity index is 1.60. The SMILES string of the molecule is Fc1ccccc1CNCc1ncc(-c2cccnc2)s1. The maximum Gasteiger partial charge on any atom is 0.127 e. The molecule has 5 heteroatoms. The Hall–Kier alpha value is -2.11. The van der Waals surface area contributed by atoms with Crippen LogP contribution in [0.4, 0.5) is 4.39 Å². The smallest absolute Gasteiger partial charge is 0.127 e. The van der Waals surface area contributed by atoms with E-state index in [0.717, 1.165) is 15.4 Å². The van der Waals surface area contributed by atoms with E-state index in [1.165, 1.54) is 6.07 Å². The molecule has 0 aliphatic rings. The molecule has 0 aliphatic heterocycles. The lowest BCUT2D eigenvalue weighted by atomic mass is 10.2. The van der Waals surface area contributed by atoms with E-state index in [1.54, 1.807) is 29.7 Å². The van der Waals surface area contributed by atoms with Gasteiger partial charge in [-0.1, -0.05) is 24.3 Å². The number of hydrogen-bond acceptors (Lipinski definition) is 4. The van der Waals surface area contributed by atoms with Crippen molar-refractivity contribution < 1.29 is 4.39 Å². The third-order valence-electron chi connectivity index (χ3n) is 3.05. The summed E-state index contributed by atoms with van der Waals surface area (Å²) in [5.41, 5.74) is 1.73. The highest BCUT2D eigenvalue weighted by molar-refractivity contribution is 7.15. The number of thiazole rings is 1. The van der Waals surface area contributed by atoms with E-state index in [1.807, 2.05) is 30.6 Å². The maximum atomic E-state index is 13.5. The van der Waals surface area contributed by atoms with Crippen LogP contribution in [0.25, 0.3) is 10.4 Å². The third kappa shape index (κ3) is 3.51. The minimum atomic E-state index is -0.180. The highest BCUT2D eigenvalue weighted by atomic mass is 32.1. The second kappa shape index (κ2) is 6.56. The van der Waals surface area contributed by atoms with Crippen LogP contribution in [-0.2, 0) is 13.1 Å². The molecular formula is C16H14FN3S. The van der Waals surface area contributed by atoms with E-state index < -0.39 is 0 Å². The first-order chi connectivity index (χ1) is 10.3. The quantitative estimate of drug-likeness (QED) is 0.781. The average molecular weight is 299 g/mol. The van der Waals surface area contributed by atoms with E-state index in [2.05, 4.69) is 15.3 Å². The predicted octanol–water partition coefficient (Wildman–Crippen LogP) is 3.63. The van der Waals surface area contributed by atoms with Gasteiger partial charge in [-0.05, 0) is 12.1 Å². The van der Waals surface area contributed by atoms with Crippen LogP contribution in [0.5, 0.6) is 0 Å². The summed E-state index contributed by atoms with van der Waals surface area (Å²) < 4.78 is 13.5. The van der Waals surface area contributed by atoms with Gasteiger partial charge in [-0.25, -0.2) is 9.37 Å². The molecule has 3 rings (SSSR count). The molecule has 0 aliphatic carbocycles. The molecule has 1 N–H and O–H groups in total. The summed E-state index contributed by atoms with van der Waals surface area (Å²) in [5.74, 6) is -0.180. The molecule has 0 saturated heterocycles. The molecule has 0 radical (unpaired) electrons. The summed E-state index contributed by atoms with van der Waals surface area (Å²) in [4.78, 5) is 9.57. The van der Waals surface area contributed by atoms with Gasteiger partial charge in [0.25, 0.3) is 0 Å². The van der Waals surface area contributed by atoms with Crippen molar-refractivity contribution in [3.05, 3.63) is 71.4 Å². The molecule has 3 nitrogen and oxygen atoms in total. The summed E-state index contributed by atoms with van der Waals surface area (Å²) in [6.45, 7) is 1.12. The van der Waals surface area contributed by atoms with E-state index >= 15 is 0 Å². The molecule has 0 bridgehead atoms. The monoisotopic (exact) mass is 299 g/mol. The molecule has 2 heterocycles. The summed E-state index contributed by atoms with van der Waals surface area (Å²) in [7, 11) is 0. The van der Waals surface area contributed by atoms with Crippen molar-refractivity contribution in [1.82, 2.24) is 15.3 Å². The first-order valence-corrected chi connectivity index (χ1v) is 7.44. The molecule has 0 saturated carbocycles. The van der Waals surface area contributed by atoms with Gasteiger partial charge in [0.1, 0.15) is 10.8 Å². The van der Waals surface area contributed by atoms with Gasteiger partial charge in [-0.3, -0.25) is 4.98 Å². The van der Waals surface area contributed by atoms with E-state index in [4.69, 9.17) is 0 Å². The highest BCUT2D eigenvalue weighted by Crippen LogP contribution is 2.25. The largest absolute Gasteiger partial charge is 0.306 e. The van der Waals surface area contributed by atoms with Gasteiger partial charge in [0, 0.05) is 42.8 Å². The number of hydrogen-bond donors (Lipinski definition) is 1. The number of pyridine rings is 1. The van der Waals surface area contributed by atoms with Gasteiger partial charge < -0.3 is 5.32 Å². The first-order valence-electron chi connectivity index (χ1n) is 6.62. The minimum Gasteiger partial charge on any atom is -0.306 e. The molecule has 0 unspecified atom stereocenters. The van der Waals surface area contributed by atoms with Crippen molar-refractivity contribution in [1.29, 1.82) is 0 Å². The molecule has 0 fully saturated rings. The Morgan fingerprint density at radius 2 is 1.95 bits per heavy atom. The fourth-order valence-electron chi connectivity index (χ4n) is 1.98. The minimum absolute atomic E-state index is 0.180. The summed E-state index contributed by atoms with van der Waals surface area (Å²) in [5, 5.41) is 4.19. The number of aromatic nitrogens is 2. The summed E-state index contributed by atoms with van der Waals surface area (Å²) >= 11 is 1.62. The van der Waals surface area contributed by atoms with E-state index in [-0.39, 0.29) is 5.82 Å². The number of benzene rings is 1. The molecule has 2 aromatic heterocycles. The van der Waals surface area contributed by atoms with Crippen LogP contribution in [0.1, 0.15) is 10.6 Å². The van der Waals surface area contributed by atoms with Crippen molar-refractivity contribution in [2.24, 2.45) is 0 Å². The lowest BCUT2D eigenvalue weighted by Crippen LogP contribution is -2.13. The maximum absolute atomic E-state index is 13.5. The molecule has 0 atom stereocenters. The molecule has 106 valence electrons. The van der Waals surface area contributed by atoms with Crippen molar-refractivity contribution in [2.75, 3.05) is 0 Å². The highest BCUT2D eigenvalue weighted by Gasteiger charge is 2.05. The average Bonchev–Trinajstić information content (AvgIpc) is 2.99. The van der Waals surface area contributed by atoms with Crippen molar-refractivity contribution in [2.45, 2.75) is 13.1 Å². The Kier molecular flexibility index (Phi) is 4.33. The van der Waals surface area contributed by atoms with Crippen LogP contribution >= 0.6 is 11.3 Å². The van der Waals surface area contributed by atoms with Crippen molar-refractivity contribution in [3.8, 4) is 10.4 Å². The molecule has 1 aromatic carbocycles. The van der Waals surface area contributed by atoms with Gasteiger partial charge in [-0.15, -0.1) is 11.3 Å². The third-order valence-corrected chi connectivity index (χ3v) is 4.10. The van der Waals surface area contributed by atoms with E-state index in [0.29, 0.717) is 18.7 Å². The summed E-state index contributed by atoms with van der Waals surface area (Å²) in [6, 6.07) is 10.7. The zero-order valence-electron chi connectivity index (χ0n) is 11.3. The predicted molar refractivity (Wildman–Crippen MR) is 82.3 cm³/mol. The standard InChI is InChI=1S/C16H14FN3S/c17-14-6-2-1-4-12(14)8-19-11-16-20-10-15(21-16)13-5-3-7-18-9-13/h1-7,9-10,19H,8,11H2. The second-order valence-electron chi connectivity index (χ2n) is 4.55. The molecule has 3 aromatic rings. The molecule has 21 heavy (non-hydrogen) atoms. The fourth-order valence-corrected chi connectivity index (χ4v) is 2.86. The van der Waals surface area contributed by atoms with Gasteiger partial charge in [0.05, 0.1) is 4.88 Å². The van der Waals surface area contributed by atoms with Crippen molar-refractivity contribution >= 4 is 11.3 Å². The summed E-state index contributed by atoms with van der Waals surface area (Å²) in [6.07, 6.45) is 5.42. The van der Waals surface area contributed by atoms with Gasteiger partial charge in [0.15, 0.2) is 0 Å². The molecular weight excluding hydrogens is 285 g/mol. The van der Waals surface area contributed by atoms with Crippen LogP contribution in [0.15, 0.2) is 55.0 Å². The molecule has 0 spiro atoms. The zero-order chi connectivity index (χ0) is 14.5. The first kappa shape index (κ1) is 13.9. The van der Waals surface area contributed by atoms with Crippen LogP contribution in [-0.4, -0.2) is 9.97 Å². The number of nitrogens with zero attached hydrogens (tertiary/aromatic N) is 2. The van der Waals surface area contributed by atoms with Gasteiger partial charge >= 0.3 is 0 Å². The zero-order valence-corrected chi connectivity index (χ0v) is 12.1. The van der Waals surface area contributed by atoms with Crippen LogP contribution < -0.4 is 5.32 Å². The van der Waals surface area contributed by atoms with Gasteiger partial charge in [-0.2, -0.15) is 0 Å². The number of halogens is 1. The van der Waals surface area contributed by atoms with Crippen LogP contribution in [0.3, 0.4) is 0 Å². The second-order valence-corrected chi connectivity index (χ2v) is 5.67. The Bertz CT molecular complexity index is 712. The number of nitrogens with one attached hydrogen (secondary N) is 1. The Labute approximate surface area is 126 Å². The lowest BCUT2D eigenvalue weighted by Gasteiger charge is -2.03. The Morgan fingerprint density at radius 3 is 2.76 bits per heavy atom. The van der Waals surface area contributed by atoms with Crippen LogP contribution in [0, 0.1) is 5.82 Å². The van der Waals surface area contributed by atoms with E-state index in [9.17, 15) is 4.39 Å². The topological polar surface area (TPSA) is 37.8 Å². The number of rotatable bonds is 5. The van der Waals surface area contributed by atoms with Gasteiger partial charge in [0.2, 0.25) is 0 Å². The van der Waals surface area contributed by atoms with Crippen molar-refractivity contribution in [3.63, 3.8) is 0 Å². The molecule has 0 amide bonds. The van der Waals surface area contributed by atoms with Crippen LogP contribution in [0.2, 0.25) is 0 Å². The fraction of sp³-hybridized carbons (Fsp3) is 0.125. The Morgan fingerprint density at radius 1 is 1.05 bits per heavy atom. The normalized spacial score (nSPS) is 10.7.